The molecule has 2 unspecified atom stereocenters. The summed E-state index contributed by atoms with van der Waals surface area (Å²) in [6, 6.07) is 8.69. The van der Waals surface area contributed by atoms with Crippen molar-refractivity contribution in [2.75, 3.05) is 19.7 Å². The molecule has 0 bridgehead atoms. The summed E-state index contributed by atoms with van der Waals surface area (Å²) < 4.78 is 5.62. The molecule has 1 saturated heterocycles. The number of ether oxygens (including phenoxy) is 1. The second-order valence-corrected chi connectivity index (χ2v) is 5.15. The van der Waals surface area contributed by atoms with Crippen LogP contribution in [0.25, 0.3) is 0 Å². The molecule has 0 saturated carbocycles. The first-order valence-corrected chi connectivity index (χ1v) is 7.28. The molecule has 1 N–H and O–H groups in total. The van der Waals surface area contributed by atoms with Gasteiger partial charge in [0.05, 0.1) is 6.61 Å². The molecule has 1 aliphatic heterocycles. The number of benzene rings is 1. The van der Waals surface area contributed by atoms with E-state index < -0.39 is 0 Å². The van der Waals surface area contributed by atoms with Crippen molar-refractivity contribution in [1.29, 1.82) is 0 Å². The van der Waals surface area contributed by atoms with Crippen LogP contribution in [0.4, 0.5) is 0 Å². The van der Waals surface area contributed by atoms with Gasteiger partial charge in [-0.15, -0.1) is 0 Å². The fraction of sp³-hybridized carbons (Fsp3) is 0.625. The standard InChI is InChI=1S/C16H25NO/c1-3-6-14-12-17-10-9-16(14)13-7-5-8-15(11-13)18-4-2/h5,7-8,11,14,16-17H,3-4,6,9-10,12H2,1-2H3. The maximum Gasteiger partial charge on any atom is 0.119 e. The van der Waals surface area contributed by atoms with E-state index >= 15 is 0 Å². The quantitative estimate of drug-likeness (QED) is 0.858. The molecule has 1 heterocycles. The van der Waals surface area contributed by atoms with Gasteiger partial charge in [0.1, 0.15) is 5.75 Å². The highest BCUT2D eigenvalue weighted by molar-refractivity contribution is 5.31. The first-order valence-electron chi connectivity index (χ1n) is 7.28. The zero-order valence-corrected chi connectivity index (χ0v) is 11.6. The maximum absolute atomic E-state index is 5.62. The van der Waals surface area contributed by atoms with Crippen molar-refractivity contribution in [3.63, 3.8) is 0 Å². The van der Waals surface area contributed by atoms with Crippen LogP contribution in [0.1, 0.15) is 44.6 Å². The molecule has 2 heteroatoms. The fourth-order valence-corrected chi connectivity index (χ4v) is 3.04. The van der Waals surface area contributed by atoms with E-state index in [-0.39, 0.29) is 0 Å². The van der Waals surface area contributed by atoms with Crippen molar-refractivity contribution < 1.29 is 4.74 Å². The van der Waals surface area contributed by atoms with Crippen molar-refractivity contribution in [3.05, 3.63) is 29.8 Å². The van der Waals surface area contributed by atoms with Crippen molar-refractivity contribution in [1.82, 2.24) is 5.32 Å². The largest absolute Gasteiger partial charge is 0.494 e. The molecule has 2 nitrogen and oxygen atoms in total. The lowest BCUT2D eigenvalue weighted by Crippen LogP contribution is -2.35. The predicted molar refractivity (Wildman–Crippen MR) is 76.2 cm³/mol. The van der Waals surface area contributed by atoms with Gasteiger partial charge in [0.15, 0.2) is 0 Å². The molecule has 1 aliphatic rings. The molecule has 1 fully saturated rings. The molecule has 0 aromatic heterocycles. The van der Waals surface area contributed by atoms with Crippen LogP contribution in [0.5, 0.6) is 5.75 Å². The van der Waals surface area contributed by atoms with Crippen LogP contribution in [0.2, 0.25) is 0 Å². The van der Waals surface area contributed by atoms with Crippen LogP contribution < -0.4 is 10.1 Å². The Hall–Kier alpha value is -1.02. The highest BCUT2D eigenvalue weighted by Gasteiger charge is 2.25. The zero-order valence-electron chi connectivity index (χ0n) is 11.6. The minimum Gasteiger partial charge on any atom is -0.494 e. The molecule has 2 atom stereocenters. The van der Waals surface area contributed by atoms with E-state index in [0.29, 0.717) is 5.92 Å². The number of piperidine rings is 1. The Kier molecular flexibility index (Phi) is 5.06. The van der Waals surface area contributed by atoms with E-state index in [4.69, 9.17) is 4.74 Å². The van der Waals surface area contributed by atoms with E-state index in [2.05, 4.69) is 36.5 Å². The summed E-state index contributed by atoms with van der Waals surface area (Å²) in [5, 5.41) is 3.53. The fourth-order valence-electron chi connectivity index (χ4n) is 3.04. The van der Waals surface area contributed by atoms with Crippen LogP contribution in [0.3, 0.4) is 0 Å². The van der Waals surface area contributed by atoms with E-state index in [1.54, 1.807) is 0 Å². The molecule has 0 aliphatic carbocycles. The Morgan fingerprint density at radius 3 is 3.00 bits per heavy atom. The van der Waals surface area contributed by atoms with E-state index in [1.165, 1.54) is 24.8 Å². The van der Waals surface area contributed by atoms with Gasteiger partial charge in [-0.2, -0.15) is 0 Å². The lowest BCUT2D eigenvalue weighted by atomic mass is 9.79. The number of hydrogen-bond acceptors (Lipinski definition) is 2. The highest BCUT2D eigenvalue weighted by atomic mass is 16.5. The van der Waals surface area contributed by atoms with E-state index in [1.807, 2.05) is 6.92 Å². The van der Waals surface area contributed by atoms with Crippen molar-refractivity contribution in [2.24, 2.45) is 5.92 Å². The Morgan fingerprint density at radius 1 is 1.33 bits per heavy atom. The second-order valence-electron chi connectivity index (χ2n) is 5.15. The molecule has 0 amide bonds. The normalized spacial score (nSPS) is 23.9. The van der Waals surface area contributed by atoms with Gasteiger partial charge >= 0.3 is 0 Å². The highest BCUT2D eigenvalue weighted by Crippen LogP contribution is 2.34. The first kappa shape index (κ1) is 13.4. The average molecular weight is 247 g/mol. The molecular weight excluding hydrogens is 222 g/mol. The third-order valence-electron chi connectivity index (χ3n) is 3.86. The van der Waals surface area contributed by atoms with Gasteiger partial charge in [-0.1, -0.05) is 25.5 Å². The van der Waals surface area contributed by atoms with Crippen LogP contribution in [0.15, 0.2) is 24.3 Å². The molecule has 0 radical (unpaired) electrons. The lowest BCUT2D eigenvalue weighted by molar-refractivity contribution is 0.304. The van der Waals surface area contributed by atoms with Gasteiger partial charge in [0.2, 0.25) is 0 Å². The van der Waals surface area contributed by atoms with Gasteiger partial charge < -0.3 is 10.1 Å². The Morgan fingerprint density at radius 2 is 2.22 bits per heavy atom. The smallest absolute Gasteiger partial charge is 0.119 e. The van der Waals surface area contributed by atoms with Gasteiger partial charge in [0.25, 0.3) is 0 Å². The lowest BCUT2D eigenvalue weighted by Gasteiger charge is -2.32. The van der Waals surface area contributed by atoms with Crippen LogP contribution in [-0.4, -0.2) is 19.7 Å². The molecule has 2 rings (SSSR count). The van der Waals surface area contributed by atoms with Crippen LogP contribution in [-0.2, 0) is 0 Å². The SMILES string of the molecule is CCCC1CNCCC1c1cccc(OCC)c1. The summed E-state index contributed by atoms with van der Waals surface area (Å²) in [4.78, 5) is 0. The molecule has 0 spiro atoms. The topological polar surface area (TPSA) is 21.3 Å². The maximum atomic E-state index is 5.62. The monoisotopic (exact) mass is 247 g/mol. The van der Waals surface area contributed by atoms with Gasteiger partial charge in [-0.05, 0) is 62.4 Å². The zero-order chi connectivity index (χ0) is 12.8. The molecular formula is C16H25NO. The van der Waals surface area contributed by atoms with Gasteiger partial charge in [0, 0.05) is 0 Å². The van der Waals surface area contributed by atoms with Crippen LogP contribution >= 0.6 is 0 Å². The molecule has 1 aromatic rings. The number of rotatable bonds is 5. The summed E-state index contributed by atoms with van der Waals surface area (Å²) >= 11 is 0. The second kappa shape index (κ2) is 6.79. The van der Waals surface area contributed by atoms with Crippen molar-refractivity contribution >= 4 is 0 Å². The van der Waals surface area contributed by atoms with Crippen molar-refractivity contribution in [2.45, 2.75) is 39.0 Å². The van der Waals surface area contributed by atoms with E-state index in [0.717, 1.165) is 31.4 Å². The van der Waals surface area contributed by atoms with Gasteiger partial charge in [-0.3, -0.25) is 0 Å². The molecule has 100 valence electrons. The summed E-state index contributed by atoms with van der Waals surface area (Å²) in [6.45, 7) is 7.37. The third-order valence-corrected chi connectivity index (χ3v) is 3.86. The van der Waals surface area contributed by atoms with Gasteiger partial charge in [-0.25, -0.2) is 0 Å². The Balaban J connectivity index is 2.14. The summed E-state index contributed by atoms with van der Waals surface area (Å²) in [6.07, 6.45) is 3.84. The summed E-state index contributed by atoms with van der Waals surface area (Å²) in [5.74, 6) is 2.50. The number of nitrogens with one attached hydrogen (secondary N) is 1. The molecule has 18 heavy (non-hydrogen) atoms. The average Bonchev–Trinajstić information content (AvgIpc) is 2.40. The van der Waals surface area contributed by atoms with Crippen LogP contribution in [0, 0.1) is 5.92 Å². The third kappa shape index (κ3) is 3.26. The Labute approximate surface area is 111 Å². The minimum absolute atomic E-state index is 0.701. The summed E-state index contributed by atoms with van der Waals surface area (Å²) in [5.41, 5.74) is 1.46. The van der Waals surface area contributed by atoms with E-state index in [9.17, 15) is 0 Å². The first-order chi connectivity index (χ1) is 8.85. The van der Waals surface area contributed by atoms with Crippen molar-refractivity contribution in [3.8, 4) is 5.75 Å². The predicted octanol–water partition coefficient (Wildman–Crippen LogP) is 3.58. The minimum atomic E-state index is 0.701. The molecule has 1 aromatic carbocycles. The Bertz CT molecular complexity index is 362. The number of hydrogen-bond donors (Lipinski definition) is 1. The summed E-state index contributed by atoms with van der Waals surface area (Å²) in [7, 11) is 0.